The molecule has 2 heterocycles. The van der Waals surface area contributed by atoms with Gasteiger partial charge in [0.1, 0.15) is 0 Å². The smallest absolute Gasteiger partial charge is 0.261 e. The van der Waals surface area contributed by atoms with Crippen LogP contribution < -0.4 is 5.32 Å². The van der Waals surface area contributed by atoms with E-state index in [0.717, 1.165) is 28.0 Å². The molecule has 0 aliphatic carbocycles. The zero-order valence-corrected chi connectivity index (χ0v) is 12.0. The Bertz CT molecular complexity index is 731. The fourth-order valence-electron chi connectivity index (χ4n) is 2.23. The molecule has 0 saturated heterocycles. The van der Waals surface area contributed by atoms with E-state index in [9.17, 15) is 4.79 Å². The number of aryl methyl sites for hydroxylation is 1. The number of rotatable bonds is 4. The van der Waals surface area contributed by atoms with E-state index in [4.69, 9.17) is 0 Å². The number of carbonyl (C=O) groups excluding carboxylic acids is 1. The van der Waals surface area contributed by atoms with E-state index in [-0.39, 0.29) is 5.91 Å². The maximum atomic E-state index is 12.0. The lowest BCUT2D eigenvalue weighted by Gasteiger charge is -2.01. The first kappa shape index (κ1) is 12.9. The molecule has 1 N–H and O–H groups in total. The Labute approximate surface area is 121 Å². The maximum absolute atomic E-state index is 12.0. The second-order valence-corrected chi connectivity index (χ2v) is 5.39. The third-order valence-electron chi connectivity index (χ3n) is 3.20. The van der Waals surface area contributed by atoms with Gasteiger partial charge < -0.3 is 5.32 Å². The molecule has 0 aliphatic rings. The van der Waals surface area contributed by atoms with Gasteiger partial charge >= 0.3 is 0 Å². The van der Waals surface area contributed by atoms with Crippen molar-refractivity contribution in [1.82, 2.24) is 15.1 Å². The quantitative estimate of drug-likeness (QED) is 0.801. The molecule has 5 heteroatoms. The van der Waals surface area contributed by atoms with Crippen molar-refractivity contribution in [1.29, 1.82) is 0 Å². The lowest BCUT2D eigenvalue weighted by atomic mass is 10.2. The Balaban J connectivity index is 1.83. The van der Waals surface area contributed by atoms with E-state index >= 15 is 0 Å². The lowest BCUT2D eigenvalue weighted by molar-refractivity contribution is 0.0954. The normalized spacial score (nSPS) is 10.8. The molecule has 4 nitrogen and oxygen atoms in total. The highest BCUT2D eigenvalue weighted by Crippen LogP contribution is 2.18. The highest BCUT2D eigenvalue weighted by Gasteiger charge is 2.11. The number of para-hydroxylation sites is 1. The largest absolute Gasteiger partial charge is 0.346 e. The molecule has 0 bridgehead atoms. The average molecular weight is 285 g/mol. The second kappa shape index (κ2) is 5.46. The van der Waals surface area contributed by atoms with Crippen LogP contribution >= 0.6 is 11.3 Å². The number of nitrogens with zero attached hydrogens (tertiary/aromatic N) is 2. The summed E-state index contributed by atoms with van der Waals surface area (Å²) in [7, 11) is 0. The third-order valence-corrected chi connectivity index (χ3v) is 4.06. The highest BCUT2D eigenvalue weighted by atomic mass is 32.1. The summed E-state index contributed by atoms with van der Waals surface area (Å²) in [4.78, 5) is 12.7. The number of nitrogens with one attached hydrogen (secondary N) is 1. The average Bonchev–Trinajstić information content (AvgIpc) is 3.13. The summed E-state index contributed by atoms with van der Waals surface area (Å²) in [6, 6.07) is 11.8. The molecule has 0 aliphatic heterocycles. The standard InChI is InChI=1S/C15H15N3OS/c1-2-18-13-7-4-3-6-11(13)12(17-18)10-16-15(19)14-8-5-9-20-14/h3-9H,2,10H2,1H3,(H,16,19). The minimum Gasteiger partial charge on any atom is -0.346 e. The molecule has 0 unspecified atom stereocenters. The Morgan fingerprint density at radius 1 is 1.30 bits per heavy atom. The van der Waals surface area contributed by atoms with E-state index in [1.165, 1.54) is 11.3 Å². The highest BCUT2D eigenvalue weighted by molar-refractivity contribution is 7.12. The van der Waals surface area contributed by atoms with Crippen LogP contribution in [-0.4, -0.2) is 15.7 Å². The van der Waals surface area contributed by atoms with Gasteiger partial charge in [0.25, 0.3) is 5.91 Å². The number of thiophene rings is 1. The predicted octanol–water partition coefficient (Wildman–Crippen LogP) is 3.05. The topological polar surface area (TPSA) is 46.9 Å². The van der Waals surface area contributed by atoms with Crippen molar-refractivity contribution in [2.24, 2.45) is 0 Å². The van der Waals surface area contributed by atoms with Crippen LogP contribution in [0.25, 0.3) is 10.9 Å². The first-order valence-corrected chi connectivity index (χ1v) is 7.43. The molecule has 0 atom stereocenters. The van der Waals surface area contributed by atoms with E-state index in [0.29, 0.717) is 6.54 Å². The van der Waals surface area contributed by atoms with Gasteiger partial charge in [-0.25, -0.2) is 0 Å². The van der Waals surface area contributed by atoms with E-state index < -0.39 is 0 Å². The minimum atomic E-state index is -0.0462. The van der Waals surface area contributed by atoms with Crippen LogP contribution in [0.3, 0.4) is 0 Å². The van der Waals surface area contributed by atoms with Gasteiger partial charge in [-0.2, -0.15) is 5.10 Å². The van der Waals surface area contributed by atoms with Crippen molar-refractivity contribution in [2.75, 3.05) is 0 Å². The van der Waals surface area contributed by atoms with E-state index in [1.807, 2.05) is 40.4 Å². The Hall–Kier alpha value is -2.14. The zero-order chi connectivity index (χ0) is 13.9. The molecular weight excluding hydrogens is 270 g/mol. The van der Waals surface area contributed by atoms with Crippen molar-refractivity contribution < 1.29 is 4.79 Å². The summed E-state index contributed by atoms with van der Waals surface area (Å²) < 4.78 is 1.96. The molecule has 1 aromatic carbocycles. The number of amides is 1. The summed E-state index contributed by atoms with van der Waals surface area (Å²) in [6.45, 7) is 3.33. The summed E-state index contributed by atoms with van der Waals surface area (Å²) in [5, 5.41) is 10.5. The van der Waals surface area contributed by atoms with Crippen molar-refractivity contribution in [3.8, 4) is 0 Å². The maximum Gasteiger partial charge on any atom is 0.261 e. The first-order chi connectivity index (χ1) is 9.79. The molecule has 1 amide bonds. The van der Waals surface area contributed by atoms with Gasteiger partial charge in [0.15, 0.2) is 0 Å². The molecular formula is C15H15N3OS. The molecule has 0 spiro atoms. The van der Waals surface area contributed by atoms with Crippen LogP contribution in [0, 0.1) is 0 Å². The van der Waals surface area contributed by atoms with Crippen LogP contribution in [0.1, 0.15) is 22.3 Å². The van der Waals surface area contributed by atoms with Crippen molar-refractivity contribution in [2.45, 2.75) is 20.0 Å². The van der Waals surface area contributed by atoms with Crippen molar-refractivity contribution in [3.63, 3.8) is 0 Å². The van der Waals surface area contributed by atoms with Crippen LogP contribution in [0.5, 0.6) is 0 Å². The van der Waals surface area contributed by atoms with Gasteiger partial charge in [-0.3, -0.25) is 9.48 Å². The SMILES string of the molecule is CCn1nc(CNC(=O)c2cccs2)c2ccccc21. The number of carbonyl (C=O) groups is 1. The molecule has 3 aromatic rings. The lowest BCUT2D eigenvalue weighted by Crippen LogP contribution is -2.22. The Morgan fingerprint density at radius 2 is 2.15 bits per heavy atom. The minimum absolute atomic E-state index is 0.0462. The van der Waals surface area contributed by atoms with Gasteiger partial charge in [0.05, 0.1) is 22.6 Å². The molecule has 0 radical (unpaired) electrons. The fraction of sp³-hybridized carbons (Fsp3) is 0.200. The number of aromatic nitrogens is 2. The van der Waals surface area contributed by atoms with E-state index in [1.54, 1.807) is 0 Å². The van der Waals surface area contributed by atoms with Gasteiger partial charge in [-0.15, -0.1) is 11.3 Å². The number of hydrogen-bond donors (Lipinski definition) is 1. The van der Waals surface area contributed by atoms with Crippen molar-refractivity contribution in [3.05, 3.63) is 52.3 Å². The van der Waals surface area contributed by atoms with Crippen molar-refractivity contribution >= 4 is 28.1 Å². The molecule has 3 rings (SSSR count). The molecule has 0 saturated carbocycles. The predicted molar refractivity (Wildman–Crippen MR) is 80.9 cm³/mol. The van der Waals surface area contributed by atoms with Gasteiger partial charge in [0, 0.05) is 11.9 Å². The number of benzene rings is 1. The summed E-state index contributed by atoms with van der Waals surface area (Å²) in [5.74, 6) is -0.0462. The molecule has 2 aromatic heterocycles. The fourth-order valence-corrected chi connectivity index (χ4v) is 2.87. The van der Waals surface area contributed by atoms with Crippen LogP contribution in [-0.2, 0) is 13.1 Å². The third kappa shape index (κ3) is 2.32. The number of fused-ring (bicyclic) bond motifs is 1. The van der Waals surface area contributed by atoms with Crippen LogP contribution in [0.15, 0.2) is 41.8 Å². The number of hydrogen-bond acceptors (Lipinski definition) is 3. The van der Waals surface area contributed by atoms with Crippen LogP contribution in [0.2, 0.25) is 0 Å². The molecule has 102 valence electrons. The van der Waals surface area contributed by atoms with Crippen LogP contribution in [0.4, 0.5) is 0 Å². The Kier molecular flexibility index (Phi) is 3.52. The zero-order valence-electron chi connectivity index (χ0n) is 11.2. The summed E-state index contributed by atoms with van der Waals surface area (Å²) in [5.41, 5.74) is 2.02. The van der Waals surface area contributed by atoms with E-state index in [2.05, 4.69) is 23.4 Å². The first-order valence-electron chi connectivity index (χ1n) is 6.55. The monoisotopic (exact) mass is 285 g/mol. The second-order valence-electron chi connectivity index (χ2n) is 4.44. The molecule has 0 fully saturated rings. The summed E-state index contributed by atoms with van der Waals surface area (Å²) in [6.07, 6.45) is 0. The van der Waals surface area contributed by atoms with Gasteiger partial charge in [-0.05, 0) is 24.4 Å². The summed E-state index contributed by atoms with van der Waals surface area (Å²) >= 11 is 1.44. The molecule has 20 heavy (non-hydrogen) atoms. The van der Waals surface area contributed by atoms with Gasteiger partial charge in [0.2, 0.25) is 0 Å². The Morgan fingerprint density at radius 3 is 2.90 bits per heavy atom. The van der Waals surface area contributed by atoms with Gasteiger partial charge in [-0.1, -0.05) is 24.3 Å².